The minimum absolute atomic E-state index is 0.0528. The summed E-state index contributed by atoms with van der Waals surface area (Å²) in [6.45, 7) is 5.27. The second-order valence-electron chi connectivity index (χ2n) is 6.17. The molecular weight excluding hydrogens is 456 g/mol. The summed E-state index contributed by atoms with van der Waals surface area (Å²) < 4.78 is 19.8. The molecule has 0 aliphatic heterocycles. The Morgan fingerprint density at radius 2 is 2.04 bits per heavy atom. The molecule has 1 aromatic carbocycles. The number of amides is 1. The number of carbonyl (C=O) groups excluding carboxylic acids is 1. The summed E-state index contributed by atoms with van der Waals surface area (Å²) in [4.78, 5) is 17.6. The van der Waals surface area contributed by atoms with Gasteiger partial charge in [-0.15, -0.1) is 23.1 Å². The van der Waals surface area contributed by atoms with E-state index < -0.39 is 22.5 Å². The molecule has 2 N–H and O–H groups in total. The first kappa shape index (κ1) is 21.1. The Kier molecular flexibility index (Phi) is 7.06. The number of nitrogens with zero attached hydrogens (tertiary/aromatic N) is 1. The Morgan fingerprint density at radius 1 is 1.35 bits per heavy atom. The molecule has 140 valence electrons. The fraction of sp³-hybridized carbons (Fsp3) is 0.294. The van der Waals surface area contributed by atoms with Crippen molar-refractivity contribution in [2.45, 2.75) is 40.4 Å². The van der Waals surface area contributed by atoms with Crippen molar-refractivity contribution in [1.82, 2.24) is 0 Å². The first-order valence-electron chi connectivity index (χ1n) is 7.53. The number of ether oxygens (including phenoxy) is 1. The average molecular weight is 475 g/mol. The van der Waals surface area contributed by atoms with Crippen LogP contribution < -0.4 is 5.73 Å². The van der Waals surface area contributed by atoms with Gasteiger partial charge in [-0.1, -0.05) is 22.0 Å². The summed E-state index contributed by atoms with van der Waals surface area (Å²) in [5.74, 6) is 0.0528. The highest BCUT2D eigenvalue weighted by atomic mass is 79.9. The normalized spacial score (nSPS) is 13.5. The fourth-order valence-electron chi connectivity index (χ4n) is 1.90. The maximum atomic E-state index is 12.9. The summed E-state index contributed by atoms with van der Waals surface area (Å²) >= 11 is 6.22. The number of carbonyl (C=O) groups is 1. The third-order valence-electron chi connectivity index (χ3n) is 2.92. The molecule has 1 amide bonds. The lowest BCUT2D eigenvalue weighted by atomic mass is 10.2. The first-order chi connectivity index (χ1) is 12.1. The predicted molar refractivity (Wildman–Crippen MR) is 112 cm³/mol. The number of halogens is 1. The standard InChI is InChI=1S/C17H19BrN2O3S3/c1-17(2,3)23-16(21)20-14(19)12-9-13(15(24-4)25-12)26(22)11-7-5-6-10(18)8-11/h5-9H,1-4H3,(H2,19,20,21). The van der Waals surface area contributed by atoms with E-state index in [2.05, 4.69) is 20.9 Å². The number of benzene rings is 1. The molecule has 0 radical (unpaired) electrons. The van der Waals surface area contributed by atoms with E-state index in [1.807, 2.05) is 24.5 Å². The fourth-order valence-corrected chi connectivity index (χ4v) is 5.97. The Morgan fingerprint density at radius 3 is 2.62 bits per heavy atom. The van der Waals surface area contributed by atoms with Crippen molar-refractivity contribution in [2.75, 3.05) is 6.26 Å². The van der Waals surface area contributed by atoms with Crippen LogP contribution in [-0.4, -0.2) is 28.0 Å². The molecule has 26 heavy (non-hydrogen) atoms. The van der Waals surface area contributed by atoms with Gasteiger partial charge >= 0.3 is 6.09 Å². The van der Waals surface area contributed by atoms with Crippen LogP contribution in [-0.2, 0) is 15.5 Å². The molecule has 0 spiro atoms. The van der Waals surface area contributed by atoms with E-state index in [0.29, 0.717) is 14.7 Å². The summed E-state index contributed by atoms with van der Waals surface area (Å²) in [6.07, 6.45) is 1.15. The van der Waals surface area contributed by atoms with Gasteiger partial charge < -0.3 is 10.5 Å². The van der Waals surface area contributed by atoms with Crippen LogP contribution in [0.25, 0.3) is 0 Å². The van der Waals surface area contributed by atoms with E-state index >= 15 is 0 Å². The molecule has 2 aromatic rings. The summed E-state index contributed by atoms with van der Waals surface area (Å²) in [5, 5.41) is 0. The van der Waals surface area contributed by atoms with E-state index in [9.17, 15) is 9.00 Å². The molecule has 0 aliphatic rings. The first-order valence-corrected chi connectivity index (χ1v) is 11.5. The largest absolute Gasteiger partial charge is 0.442 e. The SMILES string of the molecule is CSc1sc(/C(N)=N/C(=O)OC(C)(C)C)cc1S(=O)c1cccc(Br)c1. The zero-order valence-electron chi connectivity index (χ0n) is 14.7. The lowest BCUT2D eigenvalue weighted by Gasteiger charge is -2.17. The number of amidine groups is 1. The third kappa shape index (κ3) is 5.67. The molecule has 9 heteroatoms. The molecule has 0 aliphatic carbocycles. The summed E-state index contributed by atoms with van der Waals surface area (Å²) in [7, 11) is -1.36. The van der Waals surface area contributed by atoms with Gasteiger partial charge in [0.05, 0.1) is 24.8 Å². The number of hydrogen-bond acceptors (Lipinski definition) is 5. The average Bonchev–Trinajstić information content (AvgIpc) is 2.96. The maximum Gasteiger partial charge on any atom is 0.436 e. The molecule has 0 fully saturated rings. The van der Waals surface area contributed by atoms with E-state index in [4.69, 9.17) is 10.5 Å². The lowest BCUT2D eigenvalue weighted by Crippen LogP contribution is -2.24. The van der Waals surface area contributed by atoms with Gasteiger partial charge in [0.15, 0.2) is 0 Å². The van der Waals surface area contributed by atoms with Crippen molar-refractivity contribution < 1.29 is 13.7 Å². The van der Waals surface area contributed by atoms with E-state index in [1.54, 1.807) is 32.9 Å². The minimum Gasteiger partial charge on any atom is -0.442 e. The van der Waals surface area contributed by atoms with Crippen LogP contribution in [0.1, 0.15) is 25.6 Å². The number of rotatable bonds is 4. The van der Waals surface area contributed by atoms with Crippen molar-refractivity contribution in [3.63, 3.8) is 0 Å². The highest BCUT2D eigenvalue weighted by Crippen LogP contribution is 2.35. The summed E-state index contributed by atoms with van der Waals surface area (Å²) in [5.41, 5.74) is 5.31. The molecule has 5 nitrogen and oxygen atoms in total. The van der Waals surface area contributed by atoms with Crippen LogP contribution >= 0.6 is 39.0 Å². The maximum absolute atomic E-state index is 12.9. The number of thioether (sulfide) groups is 1. The zero-order chi connectivity index (χ0) is 19.5. The third-order valence-corrected chi connectivity index (χ3v) is 7.37. The van der Waals surface area contributed by atoms with E-state index in [-0.39, 0.29) is 5.84 Å². The quantitative estimate of drug-likeness (QED) is 0.381. The second-order valence-corrected chi connectivity index (χ2v) is 10.7. The van der Waals surface area contributed by atoms with Gasteiger partial charge in [0.2, 0.25) is 0 Å². The monoisotopic (exact) mass is 474 g/mol. The molecule has 0 saturated carbocycles. The van der Waals surface area contributed by atoms with Crippen molar-refractivity contribution >= 4 is 61.8 Å². The van der Waals surface area contributed by atoms with Gasteiger partial charge in [-0.2, -0.15) is 4.99 Å². The molecular formula is C17H19BrN2O3S3. The minimum atomic E-state index is -1.36. The van der Waals surface area contributed by atoms with Crippen molar-refractivity contribution in [3.8, 4) is 0 Å². The van der Waals surface area contributed by atoms with Crippen molar-refractivity contribution in [2.24, 2.45) is 10.7 Å². The molecule has 1 aromatic heterocycles. The van der Waals surface area contributed by atoms with Crippen molar-refractivity contribution in [1.29, 1.82) is 0 Å². The molecule has 1 unspecified atom stereocenters. The van der Waals surface area contributed by atoms with E-state index in [0.717, 1.165) is 8.68 Å². The topological polar surface area (TPSA) is 81.8 Å². The Balaban J connectivity index is 2.33. The molecule has 1 heterocycles. The van der Waals surface area contributed by atoms with Gasteiger partial charge in [-0.3, -0.25) is 0 Å². The number of aliphatic imine (C=N–C) groups is 1. The van der Waals surface area contributed by atoms with Gasteiger partial charge in [0.25, 0.3) is 0 Å². The second kappa shape index (κ2) is 8.69. The molecule has 0 bridgehead atoms. The van der Waals surface area contributed by atoms with Gasteiger partial charge in [-0.05, 0) is 51.3 Å². The number of nitrogens with two attached hydrogens (primary N) is 1. The van der Waals surface area contributed by atoms with Gasteiger partial charge in [0.1, 0.15) is 11.4 Å². The smallest absolute Gasteiger partial charge is 0.436 e. The van der Waals surface area contributed by atoms with Crippen LogP contribution in [0, 0.1) is 0 Å². The number of hydrogen-bond donors (Lipinski definition) is 1. The zero-order valence-corrected chi connectivity index (χ0v) is 18.8. The Hall–Kier alpha value is -1.16. The van der Waals surface area contributed by atoms with Crippen LogP contribution in [0.5, 0.6) is 0 Å². The van der Waals surface area contributed by atoms with Crippen LogP contribution in [0.15, 0.2) is 53.8 Å². The molecule has 2 rings (SSSR count). The predicted octanol–water partition coefficient (Wildman–Crippen LogP) is 5.04. The van der Waals surface area contributed by atoms with Crippen LogP contribution in [0.4, 0.5) is 4.79 Å². The van der Waals surface area contributed by atoms with Gasteiger partial charge in [-0.25, -0.2) is 9.00 Å². The van der Waals surface area contributed by atoms with Crippen LogP contribution in [0.2, 0.25) is 0 Å². The lowest BCUT2D eigenvalue weighted by molar-refractivity contribution is 0.0604. The van der Waals surface area contributed by atoms with Gasteiger partial charge in [0, 0.05) is 9.37 Å². The van der Waals surface area contributed by atoms with Crippen LogP contribution in [0.3, 0.4) is 0 Å². The van der Waals surface area contributed by atoms with Crippen molar-refractivity contribution in [3.05, 3.63) is 39.7 Å². The summed E-state index contributed by atoms with van der Waals surface area (Å²) in [6, 6.07) is 9.05. The molecule has 0 saturated heterocycles. The molecule has 1 atom stereocenters. The Labute approximate surface area is 172 Å². The number of thiophene rings is 1. The van der Waals surface area contributed by atoms with E-state index in [1.165, 1.54) is 23.1 Å². The highest BCUT2D eigenvalue weighted by Gasteiger charge is 2.20. The Bertz CT molecular complexity index is 872. The highest BCUT2D eigenvalue weighted by molar-refractivity contribution is 9.10.